The van der Waals surface area contributed by atoms with Gasteiger partial charge in [-0.05, 0) is 55.8 Å². The monoisotopic (exact) mass is 376 g/mol. The maximum absolute atomic E-state index is 13.4. The van der Waals surface area contributed by atoms with Gasteiger partial charge in [-0.25, -0.2) is 14.1 Å². The molecule has 0 saturated carbocycles. The van der Waals surface area contributed by atoms with E-state index in [0.717, 1.165) is 23.4 Å². The van der Waals surface area contributed by atoms with Crippen LogP contribution in [-0.4, -0.2) is 33.3 Å². The highest BCUT2D eigenvalue weighted by Crippen LogP contribution is 2.33. The second-order valence-electron chi connectivity index (χ2n) is 6.73. The number of nitrogens with two attached hydrogens (primary N) is 1. The summed E-state index contributed by atoms with van der Waals surface area (Å²) >= 11 is 0. The number of aryl methyl sites for hydroxylation is 1. The zero-order valence-electron chi connectivity index (χ0n) is 16.0. The molecule has 0 fully saturated rings. The fourth-order valence-corrected chi connectivity index (χ4v) is 3.09. The molecule has 0 aliphatic carbocycles. The number of aromatic nitrogens is 4. The molecular formula is C21H21FN6. The highest BCUT2D eigenvalue weighted by Gasteiger charge is 2.20. The maximum atomic E-state index is 13.4. The Morgan fingerprint density at radius 3 is 2.54 bits per heavy atom. The molecule has 2 N–H and O–H groups in total. The van der Waals surface area contributed by atoms with Gasteiger partial charge in [-0.3, -0.25) is 0 Å². The second-order valence-corrected chi connectivity index (χ2v) is 6.73. The van der Waals surface area contributed by atoms with Crippen LogP contribution in [0.1, 0.15) is 12.5 Å². The van der Waals surface area contributed by atoms with Crippen molar-refractivity contribution in [3.63, 3.8) is 0 Å². The summed E-state index contributed by atoms with van der Waals surface area (Å²) in [4.78, 5) is 11.2. The number of nitrogens with zero attached hydrogens (tertiary/aromatic N) is 5. The summed E-state index contributed by atoms with van der Waals surface area (Å²) in [5.74, 6) is 0.692. The standard InChI is InChI=1S/C21H21FN6/c1-4-27(3)21-24-18(14-8-10-15(22)11-9-14)17-19(23)28(26-20(17)25-21)16-7-5-6-13(2)12-16/h5-12H,4,23H2,1-3H3. The summed E-state index contributed by atoms with van der Waals surface area (Å²) in [6.07, 6.45) is 0. The Labute approximate surface area is 162 Å². The number of benzene rings is 2. The molecular weight excluding hydrogens is 355 g/mol. The zero-order valence-corrected chi connectivity index (χ0v) is 16.0. The van der Waals surface area contributed by atoms with Gasteiger partial charge in [0.1, 0.15) is 11.6 Å². The summed E-state index contributed by atoms with van der Waals surface area (Å²) in [7, 11) is 1.91. The summed E-state index contributed by atoms with van der Waals surface area (Å²) < 4.78 is 15.1. The van der Waals surface area contributed by atoms with Crippen LogP contribution in [0.4, 0.5) is 16.2 Å². The lowest BCUT2D eigenvalue weighted by molar-refractivity contribution is 0.628. The highest BCUT2D eigenvalue weighted by molar-refractivity contribution is 5.99. The topological polar surface area (TPSA) is 72.9 Å². The average molecular weight is 376 g/mol. The predicted octanol–water partition coefficient (Wildman–Crippen LogP) is 3.97. The van der Waals surface area contributed by atoms with Gasteiger partial charge in [0.2, 0.25) is 5.95 Å². The van der Waals surface area contributed by atoms with Crippen molar-refractivity contribution in [2.75, 3.05) is 24.2 Å². The van der Waals surface area contributed by atoms with Gasteiger partial charge in [-0.1, -0.05) is 12.1 Å². The van der Waals surface area contributed by atoms with Gasteiger partial charge < -0.3 is 10.6 Å². The predicted molar refractivity (Wildman–Crippen MR) is 110 cm³/mol. The van der Waals surface area contributed by atoms with Crippen LogP contribution >= 0.6 is 0 Å². The van der Waals surface area contributed by atoms with E-state index in [1.807, 2.05) is 50.1 Å². The Bertz CT molecular complexity index is 1150. The van der Waals surface area contributed by atoms with Crippen molar-refractivity contribution in [3.05, 3.63) is 59.9 Å². The SMILES string of the molecule is CCN(C)c1nc(-c2ccc(F)cc2)c2c(N)n(-c3cccc(C)c3)nc2n1. The van der Waals surface area contributed by atoms with Crippen LogP contribution in [0.25, 0.3) is 28.0 Å². The Morgan fingerprint density at radius 2 is 1.86 bits per heavy atom. The molecule has 0 aliphatic heterocycles. The average Bonchev–Trinajstić information content (AvgIpc) is 3.04. The van der Waals surface area contributed by atoms with Gasteiger partial charge in [-0.2, -0.15) is 4.98 Å². The summed E-state index contributed by atoms with van der Waals surface area (Å²) in [6.45, 7) is 4.77. The van der Waals surface area contributed by atoms with E-state index in [1.165, 1.54) is 12.1 Å². The van der Waals surface area contributed by atoms with Gasteiger partial charge in [0.25, 0.3) is 0 Å². The van der Waals surface area contributed by atoms with E-state index in [2.05, 4.69) is 10.1 Å². The van der Waals surface area contributed by atoms with Gasteiger partial charge in [0.15, 0.2) is 5.65 Å². The number of hydrogen-bond donors (Lipinski definition) is 1. The smallest absolute Gasteiger partial charge is 0.227 e. The molecule has 0 aliphatic rings. The molecule has 2 aromatic carbocycles. The molecule has 2 heterocycles. The van der Waals surface area contributed by atoms with E-state index < -0.39 is 0 Å². The Balaban J connectivity index is 2.01. The van der Waals surface area contributed by atoms with E-state index >= 15 is 0 Å². The molecule has 0 bridgehead atoms. The fourth-order valence-electron chi connectivity index (χ4n) is 3.09. The minimum Gasteiger partial charge on any atom is -0.383 e. The molecule has 4 rings (SSSR count). The van der Waals surface area contributed by atoms with Crippen LogP contribution < -0.4 is 10.6 Å². The summed E-state index contributed by atoms with van der Waals surface area (Å²) in [5, 5.41) is 5.30. The molecule has 0 unspecified atom stereocenters. The third-order valence-corrected chi connectivity index (χ3v) is 4.74. The first-order valence-electron chi connectivity index (χ1n) is 9.08. The lowest BCUT2D eigenvalue weighted by Gasteiger charge is -2.15. The van der Waals surface area contributed by atoms with Crippen molar-refractivity contribution in [2.45, 2.75) is 13.8 Å². The van der Waals surface area contributed by atoms with E-state index in [-0.39, 0.29) is 5.82 Å². The second kappa shape index (κ2) is 6.92. The van der Waals surface area contributed by atoms with Crippen LogP contribution in [0.2, 0.25) is 0 Å². The van der Waals surface area contributed by atoms with Crippen LogP contribution in [0, 0.1) is 12.7 Å². The molecule has 7 heteroatoms. The summed E-state index contributed by atoms with van der Waals surface area (Å²) in [6, 6.07) is 14.1. The quantitative estimate of drug-likeness (QED) is 0.583. The van der Waals surface area contributed by atoms with Crippen molar-refractivity contribution in [1.82, 2.24) is 19.7 Å². The molecule has 28 heavy (non-hydrogen) atoms. The Morgan fingerprint density at radius 1 is 1.11 bits per heavy atom. The number of rotatable bonds is 4. The largest absolute Gasteiger partial charge is 0.383 e. The Kier molecular flexibility index (Phi) is 4.43. The van der Waals surface area contributed by atoms with Gasteiger partial charge >= 0.3 is 0 Å². The van der Waals surface area contributed by atoms with Crippen LogP contribution in [0.3, 0.4) is 0 Å². The first-order valence-corrected chi connectivity index (χ1v) is 9.08. The number of hydrogen-bond acceptors (Lipinski definition) is 5. The van der Waals surface area contributed by atoms with Crippen LogP contribution in [-0.2, 0) is 0 Å². The van der Waals surface area contributed by atoms with Crippen molar-refractivity contribution in [3.8, 4) is 16.9 Å². The normalized spacial score (nSPS) is 11.1. The number of anilines is 2. The van der Waals surface area contributed by atoms with E-state index in [1.54, 1.807) is 16.8 Å². The van der Waals surface area contributed by atoms with Crippen molar-refractivity contribution in [2.24, 2.45) is 0 Å². The van der Waals surface area contributed by atoms with E-state index in [9.17, 15) is 4.39 Å². The van der Waals surface area contributed by atoms with Gasteiger partial charge in [0.05, 0.1) is 16.8 Å². The van der Waals surface area contributed by atoms with E-state index in [0.29, 0.717) is 28.5 Å². The van der Waals surface area contributed by atoms with Crippen molar-refractivity contribution >= 4 is 22.8 Å². The van der Waals surface area contributed by atoms with Crippen LogP contribution in [0.5, 0.6) is 0 Å². The fraction of sp³-hybridized carbons (Fsp3) is 0.190. The molecule has 6 nitrogen and oxygen atoms in total. The lowest BCUT2D eigenvalue weighted by atomic mass is 10.1. The lowest BCUT2D eigenvalue weighted by Crippen LogP contribution is -2.19. The highest BCUT2D eigenvalue weighted by atomic mass is 19.1. The molecule has 0 spiro atoms. The molecule has 4 aromatic rings. The van der Waals surface area contributed by atoms with E-state index in [4.69, 9.17) is 10.7 Å². The zero-order chi connectivity index (χ0) is 19.8. The molecule has 0 saturated heterocycles. The number of fused-ring (bicyclic) bond motifs is 1. The molecule has 0 amide bonds. The number of halogens is 1. The third kappa shape index (κ3) is 3.05. The first kappa shape index (κ1) is 17.9. The third-order valence-electron chi connectivity index (χ3n) is 4.74. The molecule has 2 aromatic heterocycles. The molecule has 0 atom stereocenters. The van der Waals surface area contributed by atoms with Gasteiger partial charge in [0, 0.05) is 19.2 Å². The summed E-state index contributed by atoms with van der Waals surface area (Å²) in [5.41, 5.74) is 10.3. The minimum absolute atomic E-state index is 0.302. The molecule has 0 radical (unpaired) electrons. The van der Waals surface area contributed by atoms with Gasteiger partial charge in [-0.15, -0.1) is 5.10 Å². The first-order chi connectivity index (χ1) is 13.5. The number of nitrogen functional groups attached to an aromatic ring is 1. The molecule has 142 valence electrons. The van der Waals surface area contributed by atoms with Crippen LogP contribution in [0.15, 0.2) is 48.5 Å². The van der Waals surface area contributed by atoms with Crippen molar-refractivity contribution in [1.29, 1.82) is 0 Å². The maximum Gasteiger partial charge on any atom is 0.227 e. The Hall–Kier alpha value is -3.48. The minimum atomic E-state index is -0.302. The van der Waals surface area contributed by atoms with Crippen molar-refractivity contribution < 1.29 is 4.39 Å².